The van der Waals surface area contributed by atoms with Crippen LogP contribution in [0.1, 0.15) is 76.2 Å². The highest BCUT2D eigenvalue weighted by molar-refractivity contribution is 5.93. The first kappa shape index (κ1) is 26.1. The van der Waals surface area contributed by atoms with Crippen molar-refractivity contribution < 1.29 is 8.91 Å². The van der Waals surface area contributed by atoms with Crippen LogP contribution in [0.3, 0.4) is 0 Å². The number of benzene rings is 1. The van der Waals surface area contributed by atoms with E-state index in [9.17, 15) is 0 Å². The van der Waals surface area contributed by atoms with E-state index >= 15 is 4.39 Å². The van der Waals surface area contributed by atoms with Crippen LogP contribution in [0.2, 0.25) is 0 Å². The van der Waals surface area contributed by atoms with Crippen LogP contribution in [0.15, 0.2) is 16.7 Å². The summed E-state index contributed by atoms with van der Waals surface area (Å²) in [6.45, 7) is 14.7. The van der Waals surface area contributed by atoms with Gasteiger partial charge in [0.2, 0.25) is 0 Å². The van der Waals surface area contributed by atoms with Gasteiger partial charge in [-0.1, -0.05) is 38.8 Å². The molecule has 200 valence electrons. The van der Waals surface area contributed by atoms with Crippen molar-refractivity contribution >= 4 is 16.7 Å². The molecule has 37 heavy (non-hydrogen) atoms. The number of anilines is 1. The first-order valence-corrected chi connectivity index (χ1v) is 14.3. The number of hydrogen-bond donors (Lipinski definition) is 0. The number of nitrogens with zero attached hydrogens (tertiary/aromatic N) is 5. The first-order chi connectivity index (χ1) is 17.9. The second-order valence-corrected chi connectivity index (χ2v) is 11.4. The van der Waals surface area contributed by atoms with E-state index in [4.69, 9.17) is 9.51 Å². The molecule has 1 saturated heterocycles. The molecule has 0 amide bonds. The van der Waals surface area contributed by atoms with Gasteiger partial charge < -0.3 is 9.42 Å². The minimum absolute atomic E-state index is 0.261. The normalized spacial score (nSPS) is 19.2. The van der Waals surface area contributed by atoms with Crippen LogP contribution >= 0.6 is 0 Å². The minimum Gasteiger partial charge on any atom is -0.354 e. The lowest BCUT2D eigenvalue weighted by Crippen LogP contribution is -2.44. The molecule has 2 atom stereocenters. The van der Waals surface area contributed by atoms with Gasteiger partial charge in [-0.2, -0.15) is 4.98 Å². The van der Waals surface area contributed by atoms with Gasteiger partial charge in [-0.05, 0) is 81.0 Å². The van der Waals surface area contributed by atoms with Gasteiger partial charge in [0.05, 0.1) is 5.56 Å². The summed E-state index contributed by atoms with van der Waals surface area (Å²) in [6.07, 6.45) is 8.45. The molecular weight excluding hydrogens is 465 g/mol. The molecule has 0 bridgehead atoms. The zero-order valence-corrected chi connectivity index (χ0v) is 23.2. The van der Waals surface area contributed by atoms with E-state index in [0.717, 1.165) is 66.3 Å². The van der Waals surface area contributed by atoms with Crippen LogP contribution in [0.25, 0.3) is 22.4 Å². The van der Waals surface area contributed by atoms with Gasteiger partial charge in [0.25, 0.3) is 5.89 Å². The number of rotatable bonds is 10. The number of pyridine rings is 1. The Hall–Kier alpha value is -2.54. The lowest BCUT2D eigenvalue weighted by atomic mass is 9.84. The summed E-state index contributed by atoms with van der Waals surface area (Å²) in [5.41, 5.74) is 3.18. The number of aryl methyl sites for hydroxylation is 3. The molecule has 2 fully saturated rings. The fourth-order valence-electron chi connectivity index (χ4n) is 6.20. The SMILES string of the molecule is CCCC(C)CN(CC1CCC1)[C@H]1CCN(c2nc3c(F)cc(CC)cc3c(C)c2-c2nc(C)no2)C1. The van der Waals surface area contributed by atoms with E-state index in [2.05, 4.69) is 39.9 Å². The van der Waals surface area contributed by atoms with E-state index in [1.165, 1.54) is 38.6 Å². The van der Waals surface area contributed by atoms with Crippen LogP contribution < -0.4 is 4.90 Å². The topological polar surface area (TPSA) is 58.3 Å². The zero-order chi connectivity index (χ0) is 26.1. The molecule has 7 heteroatoms. The summed E-state index contributed by atoms with van der Waals surface area (Å²) in [5.74, 6) is 3.09. The summed E-state index contributed by atoms with van der Waals surface area (Å²) in [4.78, 5) is 14.6. The number of aromatic nitrogens is 3. The predicted molar refractivity (Wildman–Crippen MR) is 147 cm³/mol. The standard InChI is InChI=1S/C30H42FN5O/c1-6-9-19(3)16-36(17-23-10-8-11-23)24-12-13-35(18-24)29-27(30-32-21(5)34-37-30)20(4)25-14-22(7-2)15-26(31)28(25)33-29/h14-15,19,23-24H,6-13,16-18H2,1-5H3/t19?,24-/m0/s1. The summed E-state index contributed by atoms with van der Waals surface area (Å²) in [7, 11) is 0. The maximum atomic E-state index is 15.3. The molecule has 1 aliphatic carbocycles. The van der Waals surface area contributed by atoms with E-state index in [-0.39, 0.29) is 5.82 Å². The molecule has 1 aromatic carbocycles. The van der Waals surface area contributed by atoms with Gasteiger partial charge in [0.1, 0.15) is 17.2 Å². The number of fused-ring (bicyclic) bond motifs is 1. The van der Waals surface area contributed by atoms with Gasteiger partial charge in [0.15, 0.2) is 5.82 Å². The maximum Gasteiger partial charge on any atom is 0.261 e. The molecule has 3 aromatic rings. The van der Waals surface area contributed by atoms with E-state index in [1.54, 1.807) is 6.07 Å². The van der Waals surface area contributed by atoms with Crippen molar-refractivity contribution in [1.29, 1.82) is 0 Å². The highest BCUT2D eigenvalue weighted by Crippen LogP contribution is 2.39. The Labute approximate surface area is 220 Å². The quantitative estimate of drug-likeness (QED) is 0.304. The predicted octanol–water partition coefficient (Wildman–Crippen LogP) is 6.72. The van der Waals surface area contributed by atoms with E-state index in [0.29, 0.717) is 29.2 Å². The van der Waals surface area contributed by atoms with E-state index in [1.807, 2.05) is 20.8 Å². The van der Waals surface area contributed by atoms with Crippen LogP contribution in [0.5, 0.6) is 0 Å². The van der Waals surface area contributed by atoms with Gasteiger partial charge in [-0.3, -0.25) is 4.90 Å². The molecular formula is C30H42FN5O. The maximum absolute atomic E-state index is 15.3. The highest BCUT2D eigenvalue weighted by atomic mass is 19.1. The van der Waals surface area contributed by atoms with Gasteiger partial charge in [0, 0.05) is 37.6 Å². The van der Waals surface area contributed by atoms with Crippen molar-refractivity contribution in [2.24, 2.45) is 11.8 Å². The second-order valence-electron chi connectivity index (χ2n) is 11.4. The van der Waals surface area contributed by atoms with Crippen LogP contribution in [-0.4, -0.2) is 52.2 Å². The Morgan fingerprint density at radius 1 is 1.16 bits per heavy atom. The molecule has 1 saturated carbocycles. The molecule has 2 aromatic heterocycles. The Morgan fingerprint density at radius 3 is 2.62 bits per heavy atom. The molecule has 1 aliphatic heterocycles. The fourth-order valence-corrected chi connectivity index (χ4v) is 6.20. The molecule has 0 spiro atoms. The van der Waals surface area contributed by atoms with Crippen molar-refractivity contribution in [1.82, 2.24) is 20.0 Å². The smallest absolute Gasteiger partial charge is 0.261 e. The average Bonchev–Trinajstić information content (AvgIpc) is 3.50. The minimum atomic E-state index is -0.261. The van der Waals surface area contributed by atoms with Crippen LogP contribution in [-0.2, 0) is 6.42 Å². The molecule has 5 rings (SSSR count). The third-order valence-electron chi connectivity index (χ3n) is 8.52. The van der Waals surface area contributed by atoms with Gasteiger partial charge in [-0.15, -0.1) is 0 Å². The third kappa shape index (κ3) is 5.38. The number of halogens is 1. The van der Waals surface area contributed by atoms with Crippen molar-refractivity contribution in [3.63, 3.8) is 0 Å². The molecule has 0 radical (unpaired) electrons. The zero-order valence-electron chi connectivity index (χ0n) is 23.2. The van der Waals surface area contributed by atoms with Crippen LogP contribution in [0, 0.1) is 31.5 Å². The molecule has 1 unspecified atom stereocenters. The van der Waals surface area contributed by atoms with Crippen LogP contribution in [0.4, 0.5) is 10.2 Å². The van der Waals surface area contributed by atoms with Crippen molar-refractivity contribution in [2.45, 2.75) is 85.6 Å². The summed E-state index contributed by atoms with van der Waals surface area (Å²) >= 11 is 0. The number of hydrogen-bond acceptors (Lipinski definition) is 6. The lowest BCUT2D eigenvalue weighted by molar-refractivity contribution is 0.122. The molecule has 2 aliphatic rings. The second kappa shape index (κ2) is 11.1. The molecule has 3 heterocycles. The third-order valence-corrected chi connectivity index (χ3v) is 8.52. The Kier molecular flexibility index (Phi) is 7.80. The van der Waals surface area contributed by atoms with Gasteiger partial charge >= 0.3 is 0 Å². The Bertz CT molecular complexity index is 1240. The van der Waals surface area contributed by atoms with E-state index < -0.39 is 0 Å². The van der Waals surface area contributed by atoms with Crippen molar-refractivity contribution in [2.75, 3.05) is 31.1 Å². The average molecular weight is 508 g/mol. The highest BCUT2D eigenvalue weighted by Gasteiger charge is 2.34. The lowest BCUT2D eigenvalue weighted by Gasteiger charge is -2.37. The monoisotopic (exact) mass is 507 g/mol. The fraction of sp³-hybridized carbons (Fsp3) is 0.633. The van der Waals surface area contributed by atoms with Gasteiger partial charge in [-0.25, -0.2) is 9.37 Å². The molecule has 0 N–H and O–H groups in total. The summed E-state index contributed by atoms with van der Waals surface area (Å²) in [6, 6.07) is 4.15. The largest absolute Gasteiger partial charge is 0.354 e. The molecule has 6 nitrogen and oxygen atoms in total. The van der Waals surface area contributed by atoms with Crippen molar-refractivity contribution in [3.8, 4) is 11.5 Å². The first-order valence-electron chi connectivity index (χ1n) is 14.3. The van der Waals surface area contributed by atoms with Crippen molar-refractivity contribution in [3.05, 3.63) is 34.9 Å². The summed E-state index contributed by atoms with van der Waals surface area (Å²) < 4.78 is 21.0. The summed E-state index contributed by atoms with van der Waals surface area (Å²) in [5, 5.41) is 4.88. The Morgan fingerprint density at radius 2 is 1.97 bits per heavy atom. The Balaban J connectivity index is 1.51.